The van der Waals surface area contributed by atoms with Gasteiger partial charge in [0, 0.05) is 0 Å². The van der Waals surface area contributed by atoms with Crippen LogP contribution in [-0.2, 0) is 0 Å². The summed E-state index contributed by atoms with van der Waals surface area (Å²) in [6.45, 7) is 17.0. The summed E-state index contributed by atoms with van der Waals surface area (Å²) in [5.41, 5.74) is 0. The Morgan fingerprint density at radius 1 is 0.769 bits per heavy atom. The smallest absolute Gasteiger partial charge is 0.0118 e. The average molecular weight is 238 g/mol. The van der Waals surface area contributed by atoms with Crippen LogP contribution in [0.3, 0.4) is 0 Å². The lowest BCUT2D eigenvalue weighted by Crippen LogP contribution is -2.14. The van der Waals surface area contributed by atoms with Crippen LogP contribution in [0.25, 0.3) is 0 Å². The predicted octanol–water partition coefficient (Wildman–Crippen LogP) is 4.66. The molecule has 0 fully saturated rings. The first-order valence-corrected chi connectivity index (χ1v) is 11.3. The van der Waals surface area contributed by atoms with E-state index in [1.54, 1.807) is 0 Å². The molecule has 0 aromatic heterocycles. The van der Waals surface area contributed by atoms with Crippen molar-refractivity contribution in [3.8, 4) is 0 Å². The minimum atomic E-state index is 0.277. The second-order valence-electron chi connectivity index (χ2n) is 5.15. The highest BCUT2D eigenvalue weighted by molar-refractivity contribution is 7.81. The molecule has 0 atom stereocenters. The molecular weight excluding hydrogens is 213 g/mol. The molecule has 0 radical (unpaired) electrons. The van der Waals surface area contributed by atoms with Crippen molar-refractivity contribution < 1.29 is 0 Å². The Kier molecular flexibility index (Phi) is 6.60. The van der Waals surface area contributed by atoms with E-state index in [2.05, 4.69) is 47.4 Å². The maximum Gasteiger partial charge on any atom is -0.0118 e. The molecule has 0 aliphatic carbocycles. The highest BCUT2D eigenvalue weighted by Gasteiger charge is 2.24. The molecule has 0 spiro atoms. The van der Waals surface area contributed by atoms with Crippen molar-refractivity contribution in [2.24, 2.45) is 0 Å². The van der Waals surface area contributed by atoms with Gasteiger partial charge in [0.2, 0.25) is 0 Å². The highest BCUT2D eigenvalue weighted by Crippen LogP contribution is 2.60. The van der Waals surface area contributed by atoms with E-state index in [0.717, 1.165) is 0 Å². The van der Waals surface area contributed by atoms with Gasteiger partial charge in [-0.2, -0.15) is 0 Å². The summed E-state index contributed by atoms with van der Waals surface area (Å²) in [5.74, 6) is 3.04. The van der Waals surface area contributed by atoms with E-state index in [0.29, 0.717) is 21.0 Å². The van der Waals surface area contributed by atoms with E-state index < -0.39 is 0 Å². The fraction of sp³-hybridized carbons (Fsp3) is 1.00. The molecular formula is C10H25P3. The van der Waals surface area contributed by atoms with Gasteiger partial charge in [-0.15, -0.1) is 15.8 Å². The van der Waals surface area contributed by atoms with Crippen molar-refractivity contribution in [2.45, 2.75) is 25.9 Å². The summed E-state index contributed by atoms with van der Waals surface area (Å²) in [6.07, 6.45) is 0. The molecule has 0 heterocycles. The number of hydrogen-bond acceptors (Lipinski definition) is 0. The zero-order valence-corrected chi connectivity index (χ0v) is 12.9. The Balaban J connectivity index is 4.20. The normalized spacial score (nSPS) is 13.4. The lowest BCUT2D eigenvalue weighted by atomic mass is 10.3. The van der Waals surface area contributed by atoms with Gasteiger partial charge >= 0.3 is 0 Å². The van der Waals surface area contributed by atoms with Crippen LogP contribution in [0.4, 0.5) is 0 Å². The summed E-state index contributed by atoms with van der Waals surface area (Å²) in [5, 5.41) is 0.578. The van der Waals surface area contributed by atoms with Crippen molar-refractivity contribution in [1.29, 1.82) is 0 Å². The van der Waals surface area contributed by atoms with Crippen LogP contribution in [0.2, 0.25) is 0 Å². The standard InChI is InChI=1S/C10H25P3/c1-10(2,3)13(8-11(4)5)9-12(6)7/h8-9H2,1-7H3. The molecule has 0 aromatic carbocycles. The topological polar surface area (TPSA) is 0 Å². The third-order valence-corrected chi connectivity index (χ3v) is 11.0. The van der Waals surface area contributed by atoms with E-state index >= 15 is 0 Å². The van der Waals surface area contributed by atoms with Gasteiger partial charge in [0.05, 0.1) is 0 Å². The van der Waals surface area contributed by atoms with Gasteiger partial charge in [-0.25, -0.2) is 0 Å². The molecule has 0 N–H and O–H groups in total. The minimum Gasteiger partial charge on any atom is -0.109 e. The fourth-order valence-electron chi connectivity index (χ4n) is 1.15. The first kappa shape index (κ1) is 14.3. The first-order valence-electron chi connectivity index (χ1n) is 4.78. The molecule has 0 saturated carbocycles. The van der Waals surface area contributed by atoms with E-state index in [-0.39, 0.29) is 7.92 Å². The quantitative estimate of drug-likeness (QED) is 0.624. The largest absolute Gasteiger partial charge is 0.109 e. The van der Waals surface area contributed by atoms with Crippen molar-refractivity contribution >= 4 is 23.8 Å². The second kappa shape index (κ2) is 6.00. The van der Waals surface area contributed by atoms with Gasteiger partial charge in [-0.3, -0.25) is 0 Å². The Labute approximate surface area is 88.5 Å². The zero-order chi connectivity index (χ0) is 10.6. The van der Waals surface area contributed by atoms with Gasteiger partial charge in [0.1, 0.15) is 0 Å². The van der Waals surface area contributed by atoms with E-state index in [1.165, 1.54) is 11.8 Å². The Bertz CT molecular complexity index is 126. The molecule has 0 amide bonds. The monoisotopic (exact) mass is 238 g/mol. The summed E-state index contributed by atoms with van der Waals surface area (Å²) >= 11 is 0. The van der Waals surface area contributed by atoms with Crippen molar-refractivity contribution in [1.82, 2.24) is 0 Å². The molecule has 0 bridgehead atoms. The highest BCUT2D eigenvalue weighted by atomic mass is 31.2. The maximum absolute atomic E-state index is 2.43. The molecule has 0 saturated heterocycles. The van der Waals surface area contributed by atoms with Crippen LogP contribution >= 0.6 is 23.8 Å². The van der Waals surface area contributed by atoms with Crippen LogP contribution in [0.15, 0.2) is 0 Å². The SMILES string of the molecule is CP(C)CP(CP(C)C)C(C)(C)C. The van der Waals surface area contributed by atoms with E-state index in [9.17, 15) is 0 Å². The van der Waals surface area contributed by atoms with Crippen LogP contribution in [0.1, 0.15) is 20.8 Å². The average Bonchev–Trinajstić information content (AvgIpc) is 1.81. The van der Waals surface area contributed by atoms with E-state index in [4.69, 9.17) is 0 Å². The van der Waals surface area contributed by atoms with Crippen LogP contribution in [0, 0.1) is 0 Å². The fourth-order valence-corrected chi connectivity index (χ4v) is 11.2. The molecule has 0 aliphatic heterocycles. The number of hydrogen-bond donors (Lipinski definition) is 0. The molecule has 80 valence electrons. The molecule has 3 heteroatoms. The van der Waals surface area contributed by atoms with Gasteiger partial charge < -0.3 is 0 Å². The number of rotatable bonds is 4. The van der Waals surface area contributed by atoms with Gasteiger partial charge in [-0.05, 0) is 43.6 Å². The molecule has 0 unspecified atom stereocenters. The van der Waals surface area contributed by atoms with Crippen LogP contribution in [-0.4, -0.2) is 43.6 Å². The Morgan fingerprint density at radius 2 is 1.08 bits per heavy atom. The first-order chi connectivity index (χ1) is 5.73. The third kappa shape index (κ3) is 7.25. The summed E-state index contributed by atoms with van der Waals surface area (Å²) in [6, 6.07) is 0. The van der Waals surface area contributed by atoms with Crippen molar-refractivity contribution in [3.63, 3.8) is 0 Å². The maximum atomic E-state index is 2.43. The minimum absolute atomic E-state index is 0.277. The summed E-state index contributed by atoms with van der Waals surface area (Å²) in [4.78, 5) is 0. The summed E-state index contributed by atoms with van der Waals surface area (Å²) < 4.78 is 0. The van der Waals surface area contributed by atoms with Gasteiger partial charge in [0.15, 0.2) is 0 Å². The van der Waals surface area contributed by atoms with Gasteiger partial charge in [0.25, 0.3) is 0 Å². The lowest BCUT2D eigenvalue weighted by molar-refractivity contribution is 0.786. The molecule has 0 nitrogen and oxygen atoms in total. The predicted molar refractivity (Wildman–Crippen MR) is 73.9 cm³/mol. The van der Waals surface area contributed by atoms with E-state index in [1.807, 2.05) is 0 Å². The second-order valence-corrected chi connectivity index (χ2v) is 14.2. The molecule has 0 aromatic rings. The van der Waals surface area contributed by atoms with Crippen molar-refractivity contribution in [2.75, 3.05) is 38.5 Å². The Morgan fingerprint density at radius 3 is 1.23 bits per heavy atom. The van der Waals surface area contributed by atoms with Crippen molar-refractivity contribution in [3.05, 3.63) is 0 Å². The third-order valence-electron chi connectivity index (χ3n) is 1.86. The lowest BCUT2D eigenvalue weighted by Gasteiger charge is -2.34. The summed E-state index contributed by atoms with van der Waals surface area (Å²) in [7, 11) is 0.886. The molecule has 0 rings (SSSR count). The van der Waals surface area contributed by atoms with Crippen LogP contribution < -0.4 is 0 Å². The Hall–Kier alpha value is 1.29. The van der Waals surface area contributed by atoms with Gasteiger partial charge in [-0.1, -0.05) is 28.7 Å². The zero-order valence-electron chi connectivity index (χ0n) is 10.3. The molecule has 0 aliphatic rings. The van der Waals surface area contributed by atoms with Crippen LogP contribution in [0.5, 0.6) is 0 Å². The molecule has 13 heavy (non-hydrogen) atoms.